The molecule has 4 aromatic rings. The van der Waals surface area contributed by atoms with Gasteiger partial charge >= 0.3 is 6.18 Å². The second-order valence-corrected chi connectivity index (χ2v) is 9.05. The van der Waals surface area contributed by atoms with E-state index < -0.39 is 17.6 Å². The number of nitrogens with zero attached hydrogens (tertiary/aromatic N) is 6. The van der Waals surface area contributed by atoms with Crippen molar-refractivity contribution in [1.29, 1.82) is 10.5 Å². The van der Waals surface area contributed by atoms with Crippen molar-refractivity contribution >= 4 is 17.5 Å². The predicted octanol–water partition coefficient (Wildman–Crippen LogP) is 5.47. The van der Waals surface area contributed by atoms with Crippen LogP contribution < -0.4 is 10.2 Å². The van der Waals surface area contributed by atoms with Gasteiger partial charge in [-0.3, -0.25) is 14.8 Å². The molecule has 9 nitrogen and oxygen atoms in total. The Morgan fingerprint density at radius 2 is 1.93 bits per heavy atom. The quantitative estimate of drug-likeness (QED) is 0.296. The van der Waals surface area contributed by atoms with Crippen LogP contribution in [0.3, 0.4) is 0 Å². The number of carbonyl (C=O) groups excluding carboxylic acids is 1. The van der Waals surface area contributed by atoms with E-state index in [1.807, 2.05) is 6.07 Å². The molecule has 200 valence electrons. The van der Waals surface area contributed by atoms with Crippen molar-refractivity contribution in [3.63, 3.8) is 0 Å². The largest absolute Gasteiger partial charge is 0.416 e. The highest BCUT2D eigenvalue weighted by atomic mass is 19.4. The van der Waals surface area contributed by atoms with E-state index in [0.717, 1.165) is 6.07 Å². The molecule has 1 aliphatic rings. The fourth-order valence-corrected chi connectivity index (χ4v) is 4.65. The number of amides is 1. The first-order valence-electron chi connectivity index (χ1n) is 12.3. The Kier molecular flexibility index (Phi) is 6.92. The van der Waals surface area contributed by atoms with E-state index in [1.54, 1.807) is 37.3 Å². The third-order valence-electron chi connectivity index (χ3n) is 6.58. The molecule has 1 aliphatic heterocycles. The van der Waals surface area contributed by atoms with Crippen molar-refractivity contribution in [1.82, 2.24) is 20.2 Å². The van der Waals surface area contributed by atoms with Crippen molar-refractivity contribution in [2.75, 3.05) is 16.8 Å². The number of aryl methyl sites for hydroxylation is 1. The van der Waals surface area contributed by atoms with Crippen LogP contribution in [0, 0.1) is 22.7 Å². The minimum atomic E-state index is -4.63. The van der Waals surface area contributed by atoms with Crippen LogP contribution in [0.4, 0.5) is 24.8 Å². The lowest BCUT2D eigenvalue weighted by molar-refractivity contribution is -0.138. The summed E-state index contributed by atoms with van der Waals surface area (Å²) in [6.45, 7) is 1.67. The Morgan fingerprint density at radius 1 is 1.10 bits per heavy atom. The average molecular weight is 543 g/mol. The second kappa shape index (κ2) is 10.5. The molecule has 0 unspecified atom stereocenters. The van der Waals surface area contributed by atoms with Gasteiger partial charge in [0.15, 0.2) is 5.82 Å². The van der Waals surface area contributed by atoms with E-state index in [9.17, 15) is 23.2 Å². The Balaban J connectivity index is 1.66. The predicted molar refractivity (Wildman–Crippen MR) is 140 cm³/mol. The van der Waals surface area contributed by atoms with Crippen molar-refractivity contribution in [2.45, 2.75) is 32.5 Å². The number of nitrogens with one attached hydrogen (secondary N) is 2. The number of anilines is 2. The number of aromatic amines is 1. The zero-order chi connectivity index (χ0) is 28.4. The van der Waals surface area contributed by atoms with Crippen LogP contribution in [0.15, 0.2) is 48.8 Å². The van der Waals surface area contributed by atoms with Crippen LogP contribution in [-0.2, 0) is 19.1 Å². The van der Waals surface area contributed by atoms with Crippen molar-refractivity contribution < 1.29 is 18.0 Å². The normalized spacial score (nSPS) is 12.7. The Morgan fingerprint density at radius 3 is 2.60 bits per heavy atom. The Hall–Kier alpha value is -5.23. The van der Waals surface area contributed by atoms with Gasteiger partial charge in [-0.2, -0.15) is 28.8 Å². The molecule has 0 fully saturated rings. The molecule has 2 aromatic heterocycles. The smallest absolute Gasteiger partial charge is 0.369 e. The third kappa shape index (κ3) is 4.95. The summed E-state index contributed by atoms with van der Waals surface area (Å²) in [6.07, 6.45) is -2.77. The molecule has 0 radical (unpaired) electrons. The molecule has 2 N–H and O–H groups in total. The number of rotatable bonds is 7. The topological polar surface area (TPSA) is 134 Å². The summed E-state index contributed by atoms with van der Waals surface area (Å²) in [7, 11) is 0. The fourth-order valence-electron chi connectivity index (χ4n) is 4.65. The molecule has 0 saturated carbocycles. The highest BCUT2D eigenvalue weighted by Crippen LogP contribution is 2.41. The van der Waals surface area contributed by atoms with E-state index >= 15 is 0 Å². The van der Waals surface area contributed by atoms with Gasteiger partial charge in [-0.25, -0.2) is 9.97 Å². The first-order chi connectivity index (χ1) is 19.2. The Bertz CT molecular complexity index is 1680. The molecule has 12 heteroatoms. The van der Waals surface area contributed by atoms with Gasteiger partial charge in [-0.1, -0.05) is 6.92 Å². The number of H-pyrrole nitrogens is 1. The van der Waals surface area contributed by atoms with Gasteiger partial charge in [0.1, 0.15) is 18.0 Å². The summed E-state index contributed by atoms with van der Waals surface area (Å²) in [5.74, 6) is 0.269. The zero-order valence-corrected chi connectivity index (χ0v) is 21.2. The number of hydrogen-bond acceptors (Lipinski definition) is 7. The summed E-state index contributed by atoms with van der Waals surface area (Å²) in [6, 6.07) is 15.0. The van der Waals surface area contributed by atoms with Crippen molar-refractivity contribution in [3.05, 3.63) is 76.6 Å². The molecular formula is C28H21F3N8O. The summed E-state index contributed by atoms with van der Waals surface area (Å²) >= 11 is 0. The second-order valence-electron chi connectivity index (χ2n) is 9.05. The number of fused-ring (bicyclic) bond motifs is 1. The molecule has 3 heterocycles. The fraction of sp³-hybridized carbons (Fsp3) is 0.214. The van der Waals surface area contributed by atoms with Gasteiger partial charge in [0.2, 0.25) is 0 Å². The third-order valence-corrected chi connectivity index (χ3v) is 6.58. The number of nitriles is 2. The maximum absolute atomic E-state index is 14.0. The molecule has 0 spiro atoms. The molecule has 5 rings (SSSR count). The zero-order valence-electron chi connectivity index (χ0n) is 21.2. The van der Waals surface area contributed by atoms with Crippen LogP contribution >= 0.6 is 0 Å². The van der Waals surface area contributed by atoms with E-state index in [1.165, 1.54) is 17.3 Å². The highest BCUT2D eigenvalue weighted by molar-refractivity contribution is 6.10. The number of halogens is 3. The highest BCUT2D eigenvalue weighted by Gasteiger charge is 2.40. The van der Waals surface area contributed by atoms with Gasteiger partial charge in [0, 0.05) is 17.7 Å². The Labute approximate surface area is 226 Å². The monoisotopic (exact) mass is 542 g/mol. The van der Waals surface area contributed by atoms with E-state index in [-0.39, 0.29) is 36.5 Å². The summed E-state index contributed by atoms with van der Waals surface area (Å²) in [4.78, 5) is 23.4. The lowest BCUT2D eigenvalue weighted by Gasteiger charge is -2.19. The van der Waals surface area contributed by atoms with Crippen LogP contribution in [-0.4, -0.2) is 32.6 Å². The molecule has 2 aromatic carbocycles. The van der Waals surface area contributed by atoms with Gasteiger partial charge in [0.05, 0.1) is 36.2 Å². The average Bonchev–Trinajstić information content (AvgIpc) is 3.60. The minimum Gasteiger partial charge on any atom is -0.369 e. The molecule has 0 saturated heterocycles. The van der Waals surface area contributed by atoms with Crippen LogP contribution in [0.5, 0.6) is 0 Å². The van der Waals surface area contributed by atoms with Crippen LogP contribution in [0.1, 0.15) is 46.0 Å². The molecule has 0 aliphatic carbocycles. The first-order valence-corrected chi connectivity index (χ1v) is 12.3. The van der Waals surface area contributed by atoms with Gasteiger partial charge in [0.25, 0.3) is 5.91 Å². The lowest BCUT2D eigenvalue weighted by atomic mass is 9.97. The maximum Gasteiger partial charge on any atom is 0.416 e. The molecule has 0 atom stereocenters. The minimum absolute atomic E-state index is 0.00769. The van der Waals surface area contributed by atoms with Crippen LogP contribution in [0.25, 0.3) is 22.5 Å². The number of alkyl halides is 3. The van der Waals surface area contributed by atoms with Gasteiger partial charge in [-0.05, 0) is 71.1 Å². The number of benzene rings is 2. The number of hydrogen-bond donors (Lipinski definition) is 2. The summed E-state index contributed by atoms with van der Waals surface area (Å²) in [5, 5.41) is 28.2. The maximum atomic E-state index is 14.0. The van der Waals surface area contributed by atoms with E-state index in [4.69, 9.17) is 5.26 Å². The molecule has 0 bridgehead atoms. The number of pyridine rings is 1. The summed E-state index contributed by atoms with van der Waals surface area (Å²) in [5.41, 5.74) is 1.53. The van der Waals surface area contributed by atoms with Gasteiger partial charge in [-0.15, -0.1) is 0 Å². The van der Waals surface area contributed by atoms with Gasteiger partial charge < -0.3 is 5.32 Å². The van der Waals surface area contributed by atoms with Crippen molar-refractivity contribution in [2.24, 2.45) is 0 Å². The van der Waals surface area contributed by atoms with E-state index in [0.29, 0.717) is 45.9 Å². The van der Waals surface area contributed by atoms with Crippen molar-refractivity contribution in [3.8, 4) is 34.7 Å². The van der Waals surface area contributed by atoms with E-state index in [2.05, 4.69) is 31.6 Å². The summed E-state index contributed by atoms with van der Waals surface area (Å²) < 4.78 is 41.9. The molecular weight excluding hydrogens is 521 g/mol. The standard InChI is InChI=1S/C28H21F3N8O/c1-2-16-8-21-22(23(10-16)28(29,30)31)14-39(27(21)40)25-12-18(11-24(37-25)34-7-3-6-32)20-9-17(13-33)4-5-19(20)26-35-15-36-38-26/h4-5,8-12,15H,2-3,7,14H2,1H3,(H,34,37)(H,35,36,38). The molecule has 1 amide bonds. The lowest BCUT2D eigenvalue weighted by Crippen LogP contribution is -2.24. The van der Waals surface area contributed by atoms with Crippen LogP contribution in [0.2, 0.25) is 0 Å². The number of aromatic nitrogens is 4. The first kappa shape index (κ1) is 26.4. The molecule has 40 heavy (non-hydrogen) atoms. The number of carbonyl (C=O) groups is 1. The SMILES string of the molecule is CCc1cc2c(c(C(F)(F)F)c1)CN(c1cc(-c3cc(C#N)ccc3-c3ncn[nH]3)cc(NCCC#N)n1)C2=O.